The molecule has 0 aromatic heterocycles. The van der Waals surface area contributed by atoms with Gasteiger partial charge in [0.25, 0.3) is 0 Å². The van der Waals surface area contributed by atoms with Crippen molar-refractivity contribution in [2.24, 2.45) is 4.99 Å². The molecule has 1 saturated heterocycles. The van der Waals surface area contributed by atoms with Gasteiger partial charge in [0, 0.05) is 45.4 Å². The maximum atomic E-state index is 5.92. The summed E-state index contributed by atoms with van der Waals surface area (Å²) in [6.07, 6.45) is 5.58. The van der Waals surface area contributed by atoms with Gasteiger partial charge in [0.15, 0.2) is 5.96 Å². The van der Waals surface area contributed by atoms with Crippen molar-refractivity contribution in [3.8, 4) is 0 Å². The fourth-order valence-corrected chi connectivity index (χ4v) is 3.65. The average molecular weight is 376 g/mol. The van der Waals surface area contributed by atoms with Crippen LogP contribution in [-0.4, -0.2) is 52.0 Å². The second kappa shape index (κ2) is 12.0. The standard InChI is InChI=1S/C22H37N3O2/c1-4-22(5-2,19-10-7-6-8-11-19)18-25-21(23-3)24-14-9-15-27-20-12-16-26-17-13-20/h6-8,10-11,20H,4-5,9,12-18H2,1-3H3,(H2,23,24,25). The van der Waals surface area contributed by atoms with Crippen molar-refractivity contribution in [1.29, 1.82) is 0 Å². The highest BCUT2D eigenvalue weighted by molar-refractivity contribution is 5.79. The maximum Gasteiger partial charge on any atom is 0.191 e. The predicted molar refractivity (Wildman–Crippen MR) is 112 cm³/mol. The molecule has 0 saturated carbocycles. The van der Waals surface area contributed by atoms with E-state index in [0.29, 0.717) is 6.10 Å². The van der Waals surface area contributed by atoms with Crippen molar-refractivity contribution < 1.29 is 9.47 Å². The highest BCUT2D eigenvalue weighted by Crippen LogP contribution is 2.30. The number of benzene rings is 1. The molecule has 0 spiro atoms. The highest BCUT2D eigenvalue weighted by atomic mass is 16.5. The molecule has 1 aromatic rings. The van der Waals surface area contributed by atoms with Crippen molar-refractivity contribution in [3.63, 3.8) is 0 Å². The number of nitrogens with one attached hydrogen (secondary N) is 2. The van der Waals surface area contributed by atoms with Gasteiger partial charge in [-0.2, -0.15) is 0 Å². The first-order chi connectivity index (χ1) is 13.2. The molecule has 0 bridgehead atoms. The van der Waals surface area contributed by atoms with E-state index in [-0.39, 0.29) is 5.41 Å². The third kappa shape index (κ3) is 6.82. The van der Waals surface area contributed by atoms with E-state index in [4.69, 9.17) is 9.47 Å². The first kappa shape index (κ1) is 21.7. The minimum Gasteiger partial charge on any atom is -0.381 e. The van der Waals surface area contributed by atoms with E-state index in [1.807, 2.05) is 7.05 Å². The van der Waals surface area contributed by atoms with E-state index in [0.717, 1.165) is 71.0 Å². The summed E-state index contributed by atoms with van der Waals surface area (Å²) >= 11 is 0. The summed E-state index contributed by atoms with van der Waals surface area (Å²) in [7, 11) is 1.83. The van der Waals surface area contributed by atoms with Crippen molar-refractivity contribution in [3.05, 3.63) is 35.9 Å². The predicted octanol–water partition coefficient (Wildman–Crippen LogP) is 3.50. The lowest BCUT2D eigenvalue weighted by Gasteiger charge is -2.33. The van der Waals surface area contributed by atoms with Crippen LogP contribution in [0, 0.1) is 0 Å². The summed E-state index contributed by atoms with van der Waals surface area (Å²) in [6, 6.07) is 10.8. The van der Waals surface area contributed by atoms with E-state index in [2.05, 4.69) is 59.8 Å². The molecule has 1 heterocycles. The van der Waals surface area contributed by atoms with Crippen molar-refractivity contribution in [2.45, 2.75) is 57.5 Å². The number of hydrogen-bond donors (Lipinski definition) is 2. The summed E-state index contributed by atoms with van der Waals surface area (Å²) in [4.78, 5) is 4.38. The van der Waals surface area contributed by atoms with Gasteiger partial charge in [-0.1, -0.05) is 44.2 Å². The van der Waals surface area contributed by atoms with Crippen LogP contribution in [0.3, 0.4) is 0 Å². The Balaban J connectivity index is 1.73. The second-order valence-corrected chi connectivity index (χ2v) is 7.24. The fourth-order valence-electron chi connectivity index (χ4n) is 3.65. The van der Waals surface area contributed by atoms with Crippen LogP contribution in [0.25, 0.3) is 0 Å². The second-order valence-electron chi connectivity index (χ2n) is 7.24. The zero-order valence-electron chi connectivity index (χ0n) is 17.3. The lowest BCUT2D eigenvalue weighted by Crippen LogP contribution is -2.45. The summed E-state index contributed by atoms with van der Waals surface area (Å²) < 4.78 is 11.3. The van der Waals surface area contributed by atoms with Gasteiger partial charge in [-0.15, -0.1) is 0 Å². The van der Waals surface area contributed by atoms with Gasteiger partial charge in [0.1, 0.15) is 0 Å². The molecule has 1 aliphatic rings. The molecule has 5 heteroatoms. The zero-order valence-corrected chi connectivity index (χ0v) is 17.3. The van der Waals surface area contributed by atoms with Crippen LogP contribution in [0.2, 0.25) is 0 Å². The molecule has 0 radical (unpaired) electrons. The molecule has 0 unspecified atom stereocenters. The molecule has 0 atom stereocenters. The van der Waals surface area contributed by atoms with E-state index in [1.165, 1.54) is 5.56 Å². The molecule has 152 valence electrons. The van der Waals surface area contributed by atoms with Crippen LogP contribution in [-0.2, 0) is 14.9 Å². The van der Waals surface area contributed by atoms with Gasteiger partial charge in [0.05, 0.1) is 6.10 Å². The molecule has 1 fully saturated rings. The number of nitrogens with zero attached hydrogens (tertiary/aromatic N) is 1. The van der Waals surface area contributed by atoms with E-state index >= 15 is 0 Å². The monoisotopic (exact) mass is 375 g/mol. The Bertz CT molecular complexity index is 538. The first-order valence-corrected chi connectivity index (χ1v) is 10.4. The van der Waals surface area contributed by atoms with Crippen LogP contribution in [0.15, 0.2) is 35.3 Å². The third-order valence-corrected chi connectivity index (χ3v) is 5.69. The molecule has 27 heavy (non-hydrogen) atoms. The van der Waals surface area contributed by atoms with Crippen LogP contribution < -0.4 is 10.6 Å². The van der Waals surface area contributed by atoms with Crippen LogP contribution in [0.4, 0.5) is 0 Å². The minimum atomic E-state index is 0.130. The Morgan fingerprint density at radius 1 is 1.15 bits per heavy atom. The van der Waals surface area contributed by atoms with Crippen LogP contribution in [0.1, 0.15) is 51.5 Å². The first-order valence-electron chi connectivity index (χ1n) is 10.4. The largest absolute Gasteiger partial charge is 0.381 e. The zero-order chi connectivity index (χ0) is 19.4. The third-order valence-electron chi connectivity index (χ3n) is 5.69. The average Bonchev–Trinajstić information content (AvgIpc) is 2.74. The van der Waals surface area contributed by atoms with Gasteiger partial charge in [0.2, 0.25) is 0 Å². The summed E-state index contributed by atoms with van der Waals surface area (Å²) in [5, 5.41) is 6.95. The quantitative estimate of drug-likeness (QED) is 0.373. The molecular formula is C22H37N3O2. The molecule has 0 amide bonds. The van der Waals surface area contributed by atoms with Gasteiger partial charge in [-0.3, -0.25) is 4.99 Å². The normalized spacial score (nSPS) is 16.3. The van der Waals surface area contributed by atoms with Gasteiger partial charge in [-0.05, 0) is 37.7 Å². The van der Waals surface area contributed by atoms with Crippen LogP contribution in [0.5, 0.6) is 0 Å². The number of ether oxygens (including phenoxy) is 2. The summed E-state index contributed by atoms with van der Waals surface area (Å²) in [5.74, 6) is 0.864. The van der Waals surface area contributed by atoms with E-state index < -0.39 is 0 Å². The molecule has 1 aromatic carbocycles. The van der Waals surface area contributed by atoms with Crippen molar-refractivity contribution >= 4 is 5.96 Å². The lowest BCUT2D eigenvalue weighted by molar-refractivity contribution is -0.0320. The molecule has 5 nitrogen and oxygen atoms in total. The Morgan fingerprint density at radius 2 is 1.85 bits per heavy atom. The molecular weight excluding hydrogens is 338 g/mol. The van der Waals surface area contributed by atoms with Crippen molar-refractivity contribution in [1.82, 2.24) is 10.6 Å². The van der Waals surface area contributed by atoms with E-state index in [1.54, 1.807) is 0 Å². The topological polar surface area (TPSA) is 54.9 Å². The Labute approximate surface area is 164 Å². The highest BCUT2D eigenvalue weighted by Gasteiger charge is 2.28. The Morgan fingerprint density at radius 3 is 2.48 bits per heavy atom. The van der Waals surface area contributed by atoms with Gasteiger partial charge < -0.3 is 20.1 Å². The number of hydrogen-bond acceptors (Lipinski definition) is 3. The number of guanidine groups is 1. The van der Waals surface area contributed by atoms with Crippen LogP contribution >= 0.6 is 0 Å². The molecule has 2 rings (SSSR count). The smallest absolute Gasteiger partial charge is 0.191 e. The minimum absolute atomic E-state index is 0.130. The number of rotatable bonds is 10. The van der Waals surface area contributed by atoms with E-state index in [9.17, 15) is 0 Å². The SMILES string of the molecule is CCC(CC)(CNC(=NC)NCCCOC1CCOCC1)c1ccccc1. The Hall–Kier alpha value is -1.59. The van der Waals surface area contributed by atoms with Gasteiger partial charge >= 0.3 is 0 Å². The summed E-state index contributed by atoms with van der Waals surface area (Å²) in [5.41, 5.74) is 1.52. The Kier molecular flexibility index (Phi) is 9.64. The lowest BCUT2D eigenvalue weighted by atomic mass is 9.76. The van der Waals surface area contributed by atoms with Gasteiger partial charge in [-0.25, -0.2) is 0 Å². The molecule has 2 N–H and O–H groups in total. The fraction of sp³-hybridized carbons (Fsp3) is 0.682. The maximum absolute atomic E-state index is 5.92. The molecule has 1 aliphatic heterocycles. The van der Waals surface area contributed by atoms with Crippen molar-refractivity contribution in [2.75, 3.05) is 40.0 Å². The summed E-state index contributed by atoms with van der Waals surface area (Å²) in [6.45, 7) is 8.72. The number of aliphatic imine (C=N–C) groups is 1. The molecule has 0 aliphatic carbocycles.